The van der Waals surface area contributed by atoms with Crippen molar-refractivity contribution < 1.29 is 4.74 Å². The lowest BCUT2D eigenvalue weighted by molar-refractivity contribution is 0.239. The van der Waals surface area contributed by atoms with Gasteiger partial charge in [0.15, 0.2) is 0 Å². The lowest BCUT2D eigenvalue weighted by Crippen LogP contribution is -2.38. The fourth-order valence-corrected chi connectivity index (χ4v) is 3.06. The van der Waals surface area contributed by atoms with Crippen molar-refractivity contribution in [3.8, 4) is 5.75 Å². The summed E-state index contributed by atoms with van der Waals surface area (Å²) in [4.78, 5) is 4.37. The Morgan fingerprint density at radius 3 is 2.68 bits per heavy atom. The molecule has 106 valence electrons. The minimum absolute atomic E-state index is 0.0948. The molecule has 0 amide bonds. The molecule has 0 saturated carbocycles. The van der Waals surface area contributed by atoms with Gasteiger partial charge < -0.3 is 10.1 Å². The van der Waals surface area contributed by atoms with Crippen molar-refractivity contribution in [1.82, 2.24) is 10.3 Å². The van der Waals surface area contributed by atoms with Gasteiger partial charge >= 0.3 is 0 Å². The molecule has 0 bridgehead atoms. The molecule has 19 heavy (non-hydrogen) atoms. The summed E-state index contributed by atoms with van der Waals surface area (Å²) in [6.07, 6.45) is 7.57. The van der Waals surface area contributed by atoms with Gasteiger partial charge in [0, 0.05) is 11.7 Å². The van der Waals surface area contributed by atoms with Crippen LogP contribution < -0.4 is 10.1 Å². The summed E-state index contributed by atoms with van der Waals surface area (Å²) in [5.41, 5.74) is 1.37. The molecule has 0 aliphatic carbocycles. The number of ether oxygens (including phenoxy) is 1. The topological polar surface area (TPSA) is 34.1 Å². The van der Waals surface area contributed by atoms with Crippen LogP contribution >= 0.6 is 0 Å². The molecule has 1 unspecified atom stereocenters. The predicted octanol–water partition coefficient (Wildman–Crippen LogP) is 3.49. The van der Waals surface area contributed by atoms with E-state index < -0.39 is 0 Å². The van der Waals surface area contributed by atoms with Crippen LogP contribution in [0.5, 0.6) is 5.75 Å². The highest BCUT2D eigenvalue weighted by Gasteiger charge is 2.36. The van der Waals surface area contributed by atoms with Crippen molar-refractivity contribution in [2.45, 2.75) is 58.6 Å². The van der Waals surface area contributed by atoms with Crippen LogP contribution in [-0.4, -0.2) is 17.6 Å². The standard InChI is InChI=1S/C16H26N2O/c1-12(2)9-16(6-5-7-18-16)14-8-15(11-17-10-14)19-13(3)4/h8,10-13,18H,5-7,9H2,1-4H3. The third kappa shape index (κ3) is 3.47. The molecule has 0 aromatic carbocycles. The number of nitrogens with one attached hydrogen (secondary N) is 1. The van der Waals surface area contributed by atoms with Crippen LogP contribution in [0.15, 0.2) is 18.5 Å². The van der Waals surface area contributed by atoms with Gasteiger partial charge in [-0.05, 0) is 57.2 Å². The minimum atomic E-state index is 0.0948. The summed E-state index contributed by atoms with van der Waals surface area (Å²) >= 11 is 0. The fraction of sp³-hybridized carbons (Fsp3) is 0.688. The van der Waals surface area contributed by atoms with E-state index in [-0.39, 0.29) is 11.6 Å². The van der Waals surface area contributed by atoms with Gasteiger partial charge in [-0.25, -0.2) is 0 Å². The number of rotatable bonds is 5. The van der Waals surface area contributed by atoms with E-state index in [4.69, 9.17) is 4.74 Å². The smallest absolute Gasteiger partial charge is 0.138 e. The molecular formula is C16H26N2O. The first-order valence-corrected chi connectivity index (χ1v) is 7.39. The Kier molecular flexibility index (Phi) is 4.46. The maximum Gasteiger partial charge on any atom is 0.138 e. The van der Waals surface area contributed by atoms with Crippen LogP contribution in [0.1, 0.15) is 52.5 Å². The molecule has 1 fully saturated rings. The van der Waals surface area contributed by atoms with Crippen LogP contribution in [0, 0.1) is 5.92 Å². The normalized spacial score (nSPS) is 23.3. The molecule has 1 aliphatic heterocycles. The predicted molar refractivity (Wildman–Crippen MR) is 78.4 cm³/mol. The van der Waals surface area contributed by atoms with Crippen LogP contribution in [0.2, 0.25) is 0 Å². The molecule has 1 saturated heterocycles. The Labute approximate surface area is 116 Å². The number of pyridine rings is 1. The van der Waals surface area contributed by atoms with Crippen molar-refractivity contribution in [2.75, 3.05) is 6.54 Å². The highest BCUT2D eigenvalue weighted by atomic mass is 16.5. The molecule has 1 aromatic rings. The molecule has 3 nitrogen and oxygen atoms in total. The first kappa shape index (κ1) is 14.3. The second kappa shape index (κ2) is 5.91. The first-order chi connectivity index (χ1) is 9.02. The van der Waals surface area contributed by atoms with Gasteiger partial charge in [-0.2, -0.15) is 0 Å². The monoisotopic (exact) mass is 262 g/mol. The van der Waals surface area contributed by atoms with Gasteiger partial charge in [-0.1, -0.05) is 13.8 Å². The Balaban J connectivity index is 2.26. The molecule has 2 heterocycles. The Hall–Kier alpha value is -1.09. The van der Waals surface area contributed by atoms with Crippen molar-refractivity contribution in [1.29, 1.82) is 0 Å². The van der Waals surface area contributed by atoms with Crippen molar-refractivity contribution in [3.05, 3.63) is 24.0 Å². The summed E-state index contributed by atoms with van der Waals surface area (Å²) in [6.45, 7) is 9.75. The Bertz CT molecular complexity index is 409. The molecule has 1 atom stereocenters. The second-order valence-electron chi connectivity index (χ2n) is 6.29. The fourth-order valence-electron chi connectivity index (χ4n) is 3.06. The lowest BCUT2D eigenvalue weighted by atomic mass is 9.82. The van der Waals surface area contributed by atoms with E-state index in [0.29, 0.717) is 5.92 Å². The quantitative estimate of drug-likeness (QED) is 0.882. The van der Waals surface area contributed by atoms with E-state index in [2.05, 4.69) is 30.2 Å². The molecule has 1 N–H and O–H groups in total. The number of hydrogen-bond donors (Lipinski definition) is 1. The van der Waals surface area contributed by atoms with E-state index in [0.717, 1.165) is 18.7 Å². The third-order valence-electron chi connectivity index (χ3n) is 3.64. The van der Waals surface area contributed by atoms with Gasteiger partial charge in [0.05, 0.1) is 12.3 Å². The molecule has 2 rings (SSSR count). The average molecular weight is 262 g/mol. The summed E-state index contributed by atoms with van der Waals surface area (Å²) in [6, 6.07) is 2.16. The van der Waals surface area contributed by atoms with E-state index in [1.165, 1.54) is 18.4 Å². The zero-order valence-corrected chi connectivity index (χ0v) is 12.6. The van der Waals surface area contributed by atoms with Crippen molar-refractivity contribution >= 4 is 0 Å². The number of hydrogen-bond acceptors (Lipinski definition) is 3. The zero-order valence-electron chi connectivity index (χ0n) is 12.6. The van der Waals surface area contributed by atoms with Crippen LogP contribution in [-0.2, 0) is 5.54 Å². The van der Waals surface area contributed by atoms with Crippen LogP contribution in [0.3, 0.4) is 0 Å². The minimum Gasteiger partial charge on any atom is -0.489 e. The molecule has 0 radical (unpaired) electrons. The lowest BCUT2D eigenvalue weighted by Gasteiger charge is -2.32. The summed E-state index contributed by atoms with van der Waals surface area (Å²) < 4.78 is 5.77. The average Bonchev–Trinajstić information content (AvgIpc) is 2.77. The summed E-state index contributed by atoms with van der Waals surface area (Å²) in [5, 5.41) is 3.70. The highest BCUT2D eigenvalue weighted by Crippen LogP contribution is 2.37. The molecule has 1 aliphatic rings. The third-order valence-corrected chi connectivity index (χ3v) is 3.64. The maximum absolute atomic E-state index is 5.77. The van der Waals surface area contributed by atoms with E-state index in [1.54, 1.807) is 0 Å². The number of aromatic nitrogens is 1. The van der Waals surface area contributed by atoms with Crippen LogP contribution in [0.4, 0.5) is 0 Å². The van der Waals surface area contributed by atoms with Crippen molar-refractivity contribution in [2.24, 2.45) is 5.92 Å². The molecule has 0 spiro atoms. The van der Waals surface area contributed by atoms with Gasteiger partial charge in [-0.3, -0.25) is 4.98 Å². The van der Waals surface area contributed by atoms with E-state index in [9.17, 15) is 0 Å². The SMILES string of the molecule is CC(C)CC1(c2cncc(OC(C)C)c2)CCCN1. The molecular weight excluding hydrogens is 236 g/mol. The molecule has 3 heteroatoms. The van der Waals surface area contributed by atoms with Gasteiger partial charge in [0.1, 0.15) is 5.75 Å². The van der Waals surface area contributed by atoms with E-state index in [1.807, 2.05) is 26.2 Å². The molecule has 1 aromatic heterocycles. The van der Waals surface area contributed by atoms with Gasteiger partial charge in [0.2, 0.25) is 0 Å². The van der Waals surface area contributed by atoms with E-state index >= 15 is 0 Å². The second-order valence-corrected chi connectivity index (χ2v) is 6.29. The van der Waals surface area contributed by atoms with Crippen molar-refractivity contribution in [3.63, 3.8) is 0 Å². The maximum atomic E-state index is 5.77. The number of nitrogens with zero attached hydrogens (tertiary/aromatic N) is 1. The highest BCUT2D eigenvalue weighted by molar-refractivity contribution is 5.30. The zero-order chi connectivity index (χ0) is 13.9. The Morgan fingerprint density at radius 2 is 2.11 bits per heavy atom. The van der Waals surface area contributed by atoms with Gasteiger partial charge in [-0.15, -0.1) is 0 Å². The summed E-state index contributed by atoms with van der Waals surface area (Å²) in [5.74, 6) is 1.55. The first-order valence-electron chi connectivity index (χ1n) is 7.39. The summed E-state index contributed by atoms with van der Waals surface area (Å²) in [7, 11) is 0. The Morgan fingerprint density at radius 1 is 1.32 bits per heavy atom. The largest absolute Gasteiger partial charge is 0.489 e. The van der Waals surface area contributed by atoms with Gasteiger partial charge in [0.25, 0.3) is 0 Å². The van der Waals surface area contributed by atoms with Crippen LogP contribution in [0.25, 0.3) is 0 Å².